The highest BCUT2D eigenvalue weighted by atomic mass is 32.2. The quantitative estimate of drug-likeness (QED) is 0.527. The van der Waals surface area contributed by atoms with Gasteiger partial charge in [-0.2, -0.15) is 0 Å². The first-order valence-corrected chi connectivity index (χ1v) is 6.49. The van der Waals surface area contributed by atoms with Gasteiger partial charge < -0.3 is 10.7 Å². The Morgan fingerprint density at radius 3 is 2.68 bits per heavy atom. The summed E-state index contributed by atoms with van der Waals surface area (Å²) in [5.74, 6) is 0. The first-order chi connectivity index (χ1) is 9.15. The molecule has 2 aromatic carbocycles. The second kappa shape index (κ2) is 4.44. The molecule has 1 amide bonds. The number of rotatable bonds is 1. The molecule has 3 N–H and O–H groups in total. The number of nitrogens with two attached hydrogens (primary N) is 1. The summed E-state index contributed by atoms with van der Waals surface area (Å²) < 4.78 is 0. The summed E-state index contributed by atoms with van der Waals surface area (Å²) >= 11 is 0.744. The van der Waals surface area contributed by atoms with Crippen molar-refractivity contribution in [1.82, 2.24) is 4.98 Å². The molecule has 0 saturated carbocycles. The highest BCUT2D eigenvalue weighted by Crippen LogP contribution is 2.26. The van der Waals surface area contributed by atoms with E-state index < -0.39 is 5.24 Å². The van der Waals surface area contributed by atoms with Gasteiger partial charge >= 0.3 is 0 Å². The number of aromatic amines is 1. The maximum absolute atomic E-state index is 11.8. The monoisotopic (exact) mass is 270 g/mol. The molecule has 0 fully saturated rings. The number of primary amides is 1. The number of benzene rings is 2. The molecule has 0 saturated heterocycles. The number of pyridine rings is 1. The maximum atomic E-state index is 11.8. The van der Waals surface area contributed by atoms with E-state index in [1.165, 1.54) is 0 Å². The number of hydrogen-bond acceptors (Lipinski definition) is 3. The summed E-state index contributed by atoms with van der Waals surface area (Å²) in [4.78, 5) is 25.9. The standard InChI is InChI=1S/C14H10N2O2S/c15-14(18)19-12-7-10-9-4-2-1-3-8(9)5-6-11(10)16-13(12)17/h1-7H,(H2,15,18)(H,16,17). The van der Waals surface area contributed by atoms with Gasteiger partial charge in [-0.3, -0.25) is 9.59 Å². The predicted molar refractivity (Wildman–Crippen MR) is 77.5 cm³/mol. The second-order valence-electron chi connectivity index (χ2n) is 4.13. The topological polar surface area (TPSA) is 76.0 Å². The SMILES string of the molecule is NC(=O)Sc1cc2c(ccc3ccccc32)[nH]c1=O. The van der Waals surface area contributed by atoms with E-state index in [0.717, 1.165) is 33.4 Å². The molecule has 0 aliphatic heterocycles. The molecule has 1 heterocycles. The minimum Gasteiger partial charge on any atom is -0.360 e. The lowest BCUT2D eigenvalue weighted by atomic mass is 10.1. The van der Waals surface area contributed by atoms with Crippen LogP contribution in [0.15, 0.2) is 52.2 Å². The van der Waals surface area contributed by atoms with E-state index in [2.05, 4.69) is 4.98 Å². The Balaban J connectivity index is 2.38. The number of fused-ring (bicyclic) bond motifs is 3. The van der Waals surface area contributed by atoms with E-state index in [9.17, 15) is 9.59 Å². The van der Waals surface area contributed by atoms with Crippen molar-refractivity contribution in [2.75, 3.05) is 0 Å². The zero-order valence-electron chi connectivity index (χ0n) is 9.84. The molecule has 4 nitrogen and oxygen atoms in total. The van der Waals surface area contributed by atoms with Crippen LogP contribution in [0, 0.1) is 0 Å². The van der Waals surface area contributed by atoms with Gasteiger partial charge in [0.1, 0.15) is 0 Å². The smallest absolute Gasteiger partial charge is 0.281 e. The number of carbonyl (C=O) groups is 1. The molecule has 0 bridgehead atoms. The summed E-state index contributed by atoms with van der Waals surface area (Å²) in [5.41, 5.74) is 5.57. The van der Waals surface area contributed by atoms with Crippen molar-refractivity contribution >= 4 is 38.7 Å². The van der Waals surface area contributed by atoms with Crippen molar-refractivity contribution < 1.29 is 4.79 Å². The van der Waals surface area contributed by atoms with Crippen LogP contribution < -0.4 is 11.3 Å². The molecule has 19 heavy (non-hydrogen) atoms. The lowest BCUT2D eigenvalue weighted by molar-refractivity contribution is 0.267. The normalized spacial score (nSPS) is 10.9. The molecule has 0 radical (unpaired) electrons. The van der Waals surface area contributed by atoms with Crippen LogP contribution in [-0.4, -0.2) is 10.2 Å². The van der Waals surface area contributed by atoms with Crippen LogP contribution in [0.1, 0.15) is 0 Å². The molecular formula is C14H10N2O2S. The summed E-state index contributed by atoms with van der Waals surface area (Å²) in [5, 5.41) is 2.42. The van der Waals surface area contributed by atoms with Gasteiger partial charge in [0, 0.05) is 10.9 Å². The predicted octanol–water partition coefficient (Wildman–Crippen LogP) is 2.85. The summed E-state index contributed by atoms with van der Waals surface area (Å²) in [6.07, 6.45) is 0. The van der Waals surface area contributed by atoms with E-state index in [4.69, 9.17) is 5.73 Å². The van der Waals surface area contributed by atoms with Crippen molar-refractivity contribution in [2.45, 2.75) is 4.90 Å². The molecular weight excluding hydrogens is 260 g/mol. The summed E-state index contributed by atoms with van der Waals surface area (Å²) in [6.45, 7) is 0. The minimum atomic E-state index is -0.593. The number of amides is 1. The van der Waals surface area contributed by atoms with Gasteiger partial charge in [-0.15, -0.1) is 0 Å². The molecule has 3 aromatic rings. The molecule has 3 rings (SSSR count). The molecule has 0 unspecified atom stereocenters. The third-order valence-electron chi connectivity index (χ3n) is 2.93. The van der Waals surface area contributed by atoms with E-state index in [-0.39, 0.29) is 5.56 Å². The first kappa shape index (κ1) is 11.8. The second-order valence-corrected chi connectivity index (χ2v) is 5.18. The van der Waals surface area contributed by atoms with E-state index in [0.29, 0.717) is 4.90 Å². The van der Waals surface area contributed by atoms with Crippen molar-refractivity contribution in [3.63, 3.8) is 0 Å². The highest BCUT2D eigenvalue weighted by Gasteiger charge is 2.08. The van der Waals surface area contributed by atoms with Crippen LogP contribution in [0.4, 0.5) is 4.79 Å². The fourth-order valence-corrected chi connectivity index (χ4v) is 2.66. The lowest BCUT2D eigenvalue weighted by Gasteiger charge is -2.05. The molecule has 5 heteroatoms. The number of thioether (sulfide) groups is 1. The number of carbonyl (C=O) groups excluding carboxylic acids is 1. The van der Waals surface area contributed by atoms with E-state index in [1.54, 1.807) is 6.07 Å². The number of hydrogen-bond donors (Lipinski definition) is 2. The maximum Gasteiger partial charge on any atom is 0.281 e. The van der Waals surface area contributed by atoms with Gasteiger partial charge in [0.2, 0.25) is 0 Å². The lowest BCUT2D eigenvalue weighted by Crippen LogP contribution is -2.11. The van der Waals surface area contributed by atoms with Gasteiger partial charge in [0.05, 0.1) is 4.90 Å². The molecule has 94 valence electrons. The van der Waals surface area contributed by atoms with Gasteiger partial charge in [0.25, 0.3) is 10.8 Å². The van der Waals surface area contributed by atoms with Crippen molar-refractivity contribution in [2.24, 2.45) is 5.73 Å². The number of nitrogens with one attached hydrogen (secondary N) is 1. The average Bonchev–Trinajstić information content (AvgIpc) is 2.39. The molecule has 1 aromatic heterocycles. The fraction of sp³-hybridized carbons (Fsp3) is 0. The van der Waals surface area contributed by atoms with Crippen LogP contribution in [0.25, 0.3) is 21.7 Å². The fourth-order valence-electron chi connectivity index (χ4n) is 2.12. The van der Waals surface area contributed by atoms with E-state index in [1.807, 2.05) is 36.4 Å². The Hall–Kier alpha value is -2.27. The number of H-pyrrole nitrogens is 1. The van der Waals surface area contributed by atoms with Crippen molar-refractivity contribution in [1.29, 1.82) is 0 Å². The van der Waals surface area contributed by atoms with Crippen LogP contribution in [0.2, 0.25) is 0 Å². The van der Waals surface area contributed by atoms with E-state index >= 15 is 0 Å². The molecule has 0 aliphatic rings. The van der Waals surface area contributed by atoms with Gasteiger partial charge in [0.15, 0.2) is 0 Å². The van der Waals surface area contributed by atoms with Crippen molar-refractivity contribution in [3.05, 3.63) is 52.8 Å². The Kier molecular flexibility index (Phi) is 2.76. The largest absolute Gasteiger partial charge is 0.360 e. The minimum absolute atomic E-state index is 0.299. The Morgan fingerprint density at radius 1 is 1.11 bits per heavy atom. The Bertz CT molecular complexity index is 855. The van der Waals surface area contributed by atoms with Gasteiger partial charge in [-0.25, -0.2) is 0 Å². The van der Waals surface area contributed by atoms with Gasteiger partial charge in [-0.05, 0) is 34.7 Å². The zero-order chi connectivity index (χ0) is 13.4. The molecule has 0 aliphatic carbocycles. The third-order valence-corrected chi connectivity index (χ3v) is 3.65. The van der Waals surface area contributed by atoms with Crippen LogP contribution >= 0.6 is 11.8 Å². The summed E-state index contributed by atoms with van der Waals surface area (Å²) in [6, 6.07) is 13.4. The highest BCUT2D eigenvalue weighted by molar-refractivity contribution is 8.13. The third kappa shape index (κ3) is 2.08. The number of aromatic nitrogens is 1. The Morgan fingerprint density at radius 2 is 1.89 bits per heavy atom. The molecule has 0 spiro atoms. The van der Waals surface area contributed by atoms with Crippen LogP contribution in [0.5, 0.6) is 0 Å². The van der Waals surface area contributed by atoms with Crippen LogP contribution in [0.3, 0.4) is 0 Å². The van der Waals surface area contributed by atoms with Crippen LogP contribution in [-0.2, 0) is 0 Å². The average molecular weight is 270 g/mol. The summed E-state index contributed by atoms with van der Waals surface area (Å²) in [7, 11) is 0. The van der Waals surface area contributed by atoms with Crippen molar-refractivity contribution in [3.8, 4) is 0 Å². The molecule has 0 atom stereocenters. The first-order valence-electron chi connectivity index (χ1n) is 5.67. The Labute approximate surface area is 112 Å². The zero-order valence-corrected chi connectivity index (χ0v) is 10.7. The van der Waals surface area contributed by atoms with Gasteiger partial charge in [-0.1, -0.05) is 30.3 Å².